The van der Waals surface area contributed by atoms with E-state index in [4.69, 9.17) is 37.9 Å². The fraction of sp³-hybridized carbons (Fsp3) is 0.400. The third-order valence-electron chi connectivity index (χ3n) is 9.75. The Labute approximate surface area is 252 Å². The Morgan fingerprint density at radius 1 is 0.465 bits per heavy atom. The Kier molecular flexibility index (Phi) is 3.94. The molecule has 4 saturated heterocycles. The first kappa shape index (κ1) is 22.5. The molecule has 0 N–H and O–H groups in total. The molecule has 12 rings (SSSR count). The Balaban J connectivity index is 1.19. The molecule has 222 valence electrons. The van der Waals surface area contributed by atoms with Crippen LogP contribution < -0.4 is 18.9 Å². The normalized spacial score (nSPS) is 30.7. The third kappa shape index (κ3) is 2.58. The summed E-state index contributed by atoms with van der Waals surface area (Å²) in [6.45, 7) is 4.16. The van der Waals surface area contributed by atoms with Gasteiger partial charge in [-0.15, -0.1) is 0 Å². The van der Waals surface area contributed by atoms with Crippen LogP contribution in [0.4, 0.5) is 0 Å². The van der Waals surface area contributed by atoms with Crippen LogP contribution in [0.5, 0.6) is 23.0 Å². The monoisotopic (exact) mass is 763 g/mol. The summed E-state index contributed by atoms with van der Waals surface area (Å²) in [7, 11) is 0. The molecular weight excluding hydrogens is 739 g/mol. The standard InChI is InChI=1S/C30H24N4O8.Pt/c1-3-37-25-17-5-15(7-23(25)35-1)19-9-39-27-28-32(13-31(19)27)20(10-40-28)16-6-18(26-24(8-16)36-2-4-38-26)22-12-42-30-29-33(14-34(22)30)21(17)11-41-29;/h5-8,19-22H,1-4,9-12H2;. The van der Waals surface area contributed by atoms with Gasteiger partial charge < -0.3 is 0 Å². The average Bonchev–Trinajstić information content (AvgIpc) is 3.87. The third-order valence-corrected chi connectivity index (χ3v) is 13.0. The molecule has 0 spiro atoms. The number of hydrogen-bond donors (Lipinski definition) is 0. The van der Waals surface area contributed by atoms with Crippen LogP contribution >= 0.6 is 0 Å². The van der Waals surface area contributed by atoms with Gasteiger partial charge >= 0.3 is 253 Å². The number of ether oxygens (including phenoxy) is 8. The zero-order valence-electron chi connectivity index (χ0n) is 22.6. The topological polar surface area (TPSA) is 86.8 Å². The Morgan fingerprint density at radius 3 is 1.33 bits per heavy atom. The van der Waals surface area contributed by atoms with Gasteiger partial charge in [0.15, 0.2) is 0 Å². The van der Waals surface area contributed by atoms with E-state index < -0.39 is 17.6 Å². The molecule has 12 nitrogen and oxygen atoms in total. The summed E-state index contributed by atoms with van der Waals surface area (Å²) in [4.78, 5) is 9.52. The molecule has 10 heterocycles. The fourth-order valence-corrected chi connectivity index (χ4v) is 11.8. The molecule has 0 radical (unpaired) electrons. The molecule has 4 fully saturated rings. The van der Waals surface area contributed by atoms with E-state index in [0.717, 1.165) is 68.8 Å². The van der Waals surface area contributed by atoms with Crippen LogP contribution in [-0.2, 0) is 36.6 Å². The van der Waals surface area contributed by atoms with Gasteiger partial charge in [0.05, 0.1) is 0 Å². The molecule has 2 aromatic carbocycles. The molecule has 43 heavy (non-hydrogen) atoms. The molecule has 4 atom stereocenters. The minimum absolute atomic E-state index is 0.0194. The second kappa shape index (κ2) is 7.53. The van der Waals surface area contributed by atoms with Gasteiger partial charge in [0, 0.05) is 0 Å². The van der Waals surface area contributed by atoms with E-state index in [9.17, 15) is 0 Å². The number of hydrogen-bond acceptors (Lipinski definition) is 12. The molecule has 10 aliphatic rings. The van der Waals surface area contributed by atoms with Gasteiger partial charge in [-0.25, -0.2) is 0 Å². The Morgan fingerprint density at radius 2 is 0.860 bits per heavy atom. The van der Waals surface area contributed by atoms with E-state index in [-0.39, 0.29) is 24.2 Å². The number of fused-ring (bicyclic) bond motifs is 12. The van der Waals surface area contributed by atoms with E-state index in [1.807, 2.05) is 0 Å². The number of benzene rings is 2. The summed E-state index contributed by atoms with van der Waals surface area (Å²) in [6, 6.07) is 8.61. The van der Waals surface area contributed by atoms with Crippen molar-refractivity contribution in [3.63, 3.8) is 0 Å². The minimum atomic E-state index is -0.817. The second-order valence-corrected chi connectivity index (χ2v) is 14.4. The van der Waals surface area contributed by atoms with Crippen LogP contribution in [-0.4, -0.2) is 80.7 Å². The van der Waals surface area contributed by atoms with E-state index >= 15 is 0 Å². The molecular formula is C30H24N4O8Pt. The van der Waals surface area contributed by atoms with Crippen LogP contribution in [0, 0.1) is 0 Å². The summed E-state index contributed by atoms with van der Waals surface area (Å²) in [5.74, 6) is 6.31. The predicted molar refractivity (Wildman–Crippen MR) is 141 cm³/mol. The first-order valence-electron chi connectivity index (χ1n) is 14.7. The Hall–Kier alpha value is -4.05. The van der Waals surface area contributed by atoms with Crippen molar-refractivity contribution in [3.8, 4) is 23.0 Å². The maximum absolute atomic E-state index is 6.54. The van der Waals surface area contributed by atoms with Crippen molar-refractivity contribution >= 4 is 8.29 Å². The predicted octanol–water partition coefficient (Wildman–Crippen LogP) is 1.99. The first-order chi connectivity index (χ1) is 21.3. The number of nitrogens with zero attached hydrogens (tertiary/aromatic N) is 4. The molecule has 0 saturated carbocycles. The van der Waals surface area contributed by atoms with Crippen molar-refractivity contribution < 1.29 is 55.5 Å². The van der Waals surface area contributed by atoms with Crippen LogP contribution in [0.2, 0.25) is 0 Å². The van der Waals surface area contributed by atoms with E-state index in [2.05, 4.69) is 43.9 Å². The summed E-state index contributed by atoms with van der Waals surface area (Å²) >= 11 is -0.817. The molecule has 0 aliphatic carbocycles. The fourth-order valence-electron chi connectivity index (χ4n) is 7.90. The second-order valence-electron chi connectivity index (χ2n) is 11.8. The summed E-state index contributed by atoms with van der Waals surface area (Å²) in [5, 5.41) is 0. The molecule has 13 heteroatoms. The summed E-state index contributed by atoms with van der Waals surface area (Å²) in [5.41, 5.74) is 4.43. The van der Waals surface area contributed by atoms with Crippen molar-refractivity contribution in [1.29, 1.82) is 0 Å². The van der Waals surface area contributed by atoms with E-state index in [1.165, 1.54) is 8.29 Å². The van der Waals surface area contributed by atoms with Crippen LogP contribution in [0.3, 0.4) is 0 Å². The van der Waals surface area contributed by atoms with Gasteiger partial charge in [0.25, 0.3) is 0 Å². The average molecular weight is 764 g/mol. The first-order valence-corrected chi connectivity index (χ1v) is 16.9. The van der Waals surface area contributed by atoms with Crippen LogP contribution in [0.1, 0.15) is 46.4 Å². The van der Waals surface area contributed by atoms with Crippen LogP contribution in [0.25, 0.3) is 0 Å². The van der Waals surface area contributed by atoms with Gasteiger partial charge in [-0.05, 0) is 0 Å². The van der Waals surface area contributed by atoms with E-state index in [0.29, 0.717) is 52.9 Å². The van der Waals surface area contributed by atoms with Gasteiger partial charge in [-0.1, -0.05) is 0 Å². The zero-order chi connectivity index (χ0) is 27.6. The Bertz CT molecular complexity index is 1740. The van der Waals surface area contributed by atoms with Crippen LogP contribution in [0.15, 0.2) is 47.8 Å². The van der Waals surface area contributed by atoms with Gasteiger partial charge in [-0.2, -0.15) is 0 Å². The van der Waals surface area contributed by atoms with Crippen molar-refractivity contribution in [2.75, 3.05) is 52.9 Å². The van der Waals surface area contributed by atoms with Crippen molar-refractivity contribution in [3.05, 3.63) is 70.1 Å². The maximum atomic E-state index is 6.54. The molecule has 0 aromatic heterocycles. The molecule has 0 amide bonds. The molecule has 10 aliphatic heterocycles. The summed E-state index contributed by atoms with van der Waals surface area (Å²) in [6.07, 6.45) is 0. The SMILES string of the molecule is c1c2cc(c3c1OCCO3)C1COC3=C4OCC5c6cc(cc7c6OCCO7)C6COC7=C8OCC2N8[C](=[Pt]=[C](N31)N45)N76. The van der Waals surface area contributed by atoms with Crippen molar-refractivity contribution in [2.45, 2.75) is 24.2 Å². The van der Waals surface area contributed by atoms with E-state index in [1.54, 1.807) is 0 Å². The van der Waals surface area contributed by atoms with Crippen molar-refractivity contribution in [1.82, 2.24) is 19.6 Å². The van der Waals surface area contributed by atoms with Gasteiger partial charge in [-0.3, -0.25) is 0 Å². The molecule has 6 bridgehead atoms. The van der Waals surface area contributed by atoms with Crippen molar-refractivity contribution in [2.24, 2.45) is 0 Å². The number of rotatable bonds is 0. The zero-order valence-corrected chi connectivity index (χ0v) is 24.9. The summed E-state index contributed by atoms with van der Waals surface area (Å²) < 4.78 is 53.5. The van der Waals surface area contributed by atoms with Gasteiger partial charge in [0.1, 0.15) is 0 Å². The quantitative estimate of drug-likeness (QED) is 0.394. The van der Waals surface area contributed by atoms with Gasteiger partial charge in [0.2, 0.25) is 0 Å². The molecule has 4 unspecified atom stereocenters. The molecule has 2 aromatic rings.